The Labute approximate surface area is 130 Å². The topological polar surface area (TPSA) is 55.6 Å². The van der Waals surface area contributed by atoms with Crippen LogP contribution in [0.1, 0.15) is 43.4 Å². The molecule has 0 aliphatic rings. The molecule has 0 saturated carbocycles. The number of nitrogens with one attached hydrogen (secondary N) is 1. The number of hydrogen-bond donors (Lipinski definition) is 1. The van der Waals surface area contributed by atoms with Gasteiger partial charge in [-0.15, -0.1) is 0 Å². The van der Waals surface area contributed by atoms with Crippen LogP contribution in [0.4, 0.5) is 5.82 Å². The Kier molecular flexibility index (Phi) is 5.17. The van der Waals surface area contributed by atoms with Crippen molar-refractivity contribution in [1.29, 1.82) is 0 Å². The summed E-state index contributed by atoms with van der Waals surface area (Å²) in [5.74, 6) is 1.81. The van der Waals surface area contributed by atoms with E-state index in [2.05, 4.69) is 47.2 Å². The second-order valence-corrected chi connectivity index (χ2v) is 5.91. The maximum Gasteiger partial charge on any atom is 0.135 e. The zero-order valence-corrected chi connectivity index (χ0v) is 13.8. The van der Waals surface area contributed by atoms with Crippen LogP contribution >= 0.6 is 11.6 Å². The Balaban J connectivity index is 1.87. The fraction of sp³-hybridized carbons (Fsp3) is 0.533. The maximum atomic E-state index is 6.02. The predicted octanol–water partition coefficient (Wildman–Crippen LogP) is 3.57. The predicted molar refractivity (Wildman–Crippen MR) is 85.9 cm³/mol. The molecule has 2 aromatic heterocycles. The Morgan fingerprint density at radius 1 is 1.24 bits per heavy atom. The first kappa shape index (κ1) is 15.8. The molecule has 0 bridgehead atoms. The number of nitrogens with zero attached hydrogens (tertiary/aromatic N) is 4. The van der Waals surface area contributed by atoms with Crippen molar-refractivity contribution in [3.05, 3.63) is 34.5 Å². The van der Waals surface area contributed by atoms with Gasteiger partial charge in [0.05, 0.1) is 5.69 Å². The minimum atomic E-state index is 0.263. The molecular formula is C15H22ClN5. The normalized spacial score (nSPS) is 11.1. The van der Waals surface area contributed by atoms with Crippen LogP contribution in [0.2, 0.25) is 5.15 Å². The molecule has 0 radical (unpaired) electrons. The fourth-order valence-corrected chi connectivity index (χ4v) is 2.32. The molecule has 6 heteroatoms. The molecule has 2 rings (SSSR count). The summed E-state index contributed by atoms with van der Waals surface area (Å²) in [6.45, 7) is 9.91. The summed E-state index contributed by atoms with van der Waals surface area (Å²) in [6, 6.07) is 3.85. The quantitative estimate of drug-likeness (QED) is 0.655. The third kappa shape index (κ3) is 4.43. The molecule has 0 saturated heterocycles. The molecule has 5 nitrogen and oxygen atoms in total. The molecule has 0 spiro atoms. The van der Waals surface area contributed by atoms with Crippen LogP contribution in [0.25, 0.3) is 0 Å². The number of aromatic nitrogens is 4. The van der Waals surface area contributed by atoms with Gasteiger partial charge < -0.3 is 5.32 Å². The van der Waals surface area contributed by atoms with Crippen LogP contribution in [0.3, 0.4) is 0 Å². The first-order valence-electron chi connectivity index (χ1n) is 7.25. The van der Waals surface area contributed by atoms with E-state index >= 15 is 0 Å². The third-order valence-electron chi connectivity index (χ3n) is 3.18. The smallest absolute Gasteiger partial charge is 0.135 e. The lowest BCUT2D eigenvalue weighted by molar-refractivity contribution is 0.573. The van der Waals surface area contributed by atoms with Gasteiger partial charge in [-0.3, -0.25) is 4.68 Å². The third-order valence-corrected chi connectivity index (χ3v) is 3.38. The highest BCUT2D eigenvalue weighted by Crippen LogP contribution is 2.16. The Morgan fingerprint density at radius 2 is 2.00 bits per heavy atom. The van der Waals surface area contributed by atoms with E-state index < -0.39 is 0 Å². The van der Waals surface area contributed by atoms with Crippen molar-refractivity contribution < 1.29 is 0 Å². The Hall–Kier alpha value is -1.62. The van der Waals surface area contributed by atoms with E-state index in [0.29, 0.717) is 5.15 Å². The van der Waals surface area contributed by atoms with E-state index in [-0.39, 0.29) is 5.92 Å². The van der Waals surface area contributed by atoms with Gasteiger partial charge in [0.25, 0.3) is 0 Å². The van der Waals surface area contributed by atoms with Gasteiger partial charge in [0.15, 0.2) is 0 Å². The Morgan fingerprint density at radius 3 is 2.62 bits per heavy atom. The van der Waals surface area contributed by atoms with E-state index in [1.165, 1.54) is 5.69 Å². The number of aryl methyl sites for hydroxylation is 3. The van der Waals surface area contributed by atoms with Gasteiger partial charge in [0.2, 0.25) is 0 Å². The number of anilines is 1. The summed E-state index contributed by atoms with van der Waals surface area (Å²) in [7, 11) is 0. The summed E-state index contributed by atoms with van der Waals surface area (Å²) >= 11 is 6.02. The zero-order valence-electron chi connectivity index (χ0n) is 13.0. The molecule has 0 aromatic carbocycles. The van der Waals surface area contributed by atoms with E-state index in [1.54, 1.807) is 6.07 Å². The molecule has 114 valence electrons. The lowest BCUT2D eigenvalue weighted by Gasteiger charge is -2.10. The van der Waals surface area contributed by atoms with Crippen LogP contribution in [-0.4, -0.2) is 26.3 Å². The van der Waals surface area contributed by atoms with Gasteiger partial charge in [0, 0.05) is 30.8 Å². The van der Waals surface area contributed by atoms with Gasteiger partial charge in [-0.25, -0.2) is 9.97 Å². The van der Waals surface area contributed by atoms with Crippen molar-refractivity contribution in [2.45, 2.75) is 46.6 Å². The van der Waals surface area contributed by atoms with E-state index in [9.17, 15) is 0 Å². The van der Waals surface area contributed by atoms with Crippen molar-refractivity contribution in [2.75, 3.05) is 11.9 Å². The second kappa shape index (κ2) is 6.89. The highest BCUT2D eigenvalue weighted by atomic mass is 35.5. The molecule has 1 N–H and O–H groups in total. The lowest BCUT2D eigenvalue weighted by Crippen LogP contribution is -2.11. The van der Waals surface area contributed by atoms with E-state index in [0.717, 1.165) is 36.8 Å². The van der Waals surface area contributed by atoms with Crippen LogP contribution in [-0.2, 0) is 6.54 Å². The van der Waals surface area contributed by atoms with Gasteiger partial charge in [-0.05, 0) is 26.3 Å². The monoisotopic (exact) mass is 307 g/mol. The van der Waals surface area contributed by atoms with Crippen LogP contribution in [0.15, 0.2) is 12.1 Å². The highest BCUT2D eigenvalue weighted by molar-refractivity contribution is 6.29. The standard InChI is InChI=1S/C15H22ClN5/c1-10(2)15-18-13(16)9-14(19-15)17-6-5-7-21-12(4)8-11(3)20-21/h8-10H,5-7H2,1-4H3,(H,17,18,19). The SMILES string of the molecule is Cc1cc(C)n(CCCNc2cc(Cl)nc(C(C)C)n2)n1. The van der Waals surface area contributed by atoms with Crippen molar-refractivity contribution in [1.82, 2.24) is 19.7 Å². The lowest BCUT2D eigenvalue weighted by atomic mass is 10.2. The summed E-state index contributed by atoms with van der Waals surface area (Å²) in [5.41, 5.74) is 2.25. The van der Waals surface area contributed by atoms with E-state index in [4.69, 9.17) is 11.6 Å². The second-order valence-electron chi connectivity index (χ2n) is 5.52. The first-order chi connectivity index (χ1) is 9.95. The minimum Gasteiger partial charge on any atom is -0.370 e. The Bertz CT molecular complexity index is 606. The van der Waals surface area contributed by atoms with Crippen molar-refractivity contribution >= 4 is 17.4 Å². The zero-order chi connectivity index (χ0) is 15.4. The average molecular weight is 308 g/mol. The van der Waals surface area contributed by atoms with E-state index in [1.807, 2.05) is 11.6 Å². The molecule has 0 atom stereocenters. The molecule has 0 fully saturated rings. The van der Waals surface area contributed by atoms with Gasteiger partial charge in [-0.1, -0.05) is 25.4 Å². The number of hydrogen-bond acceptors (Lipinski definition) is 4. The van der Waals surface area contributed by atoms with Crippen molar-refractivity contribution in [3.8, 4) is 0 Å². The summed E-state index contributed by atoms with van der Waals surface area (Å²) in [5, 5.41) is 8.23. The molecule has 2 heterocycles. The molecule has 0 unspecified atom stereocenters. The summed E-state index contributed by atoms with van der Waals surface area (Å²) in [4.78, 5) is 8.69. The molecule has 0 aliphatic heterocycles. The van der Waals surface area contributed by atoms with Crippen LogP contribution < -0.4 is 5.32 Å². The minimum absolute atomic E-state index is 0.263. The molecule has 0 amide bonds. The first-order valence-corrected chi connectivity index (χ1v) is 7.63. The van der Waals surface area contributed by atoms with Gasteiger partial charge >= 0.3 is 0 Å². The molecule has 2 aromatic rings. The molecule has 21 heavy (non-hydrogen) atoms. The van der Waals surface area contributed by atoms with Crippen LogP contribution in [0, 0.1) is 13.8 Å². The van der Waals surface area contributed by atoms with Gasteiger partial charge in [-0.2, -0.15) is 5.10 Å². The van der Waals surface area contributed by atoms with Crippen molar-refractivity contribution in [2.24, 2.45) is 0 Å². The average Bonchev–Trinajstić information content (AvgIpc) is 2.72. The van der Waals surface area contributed by atoms with Gasteiger partial charge in [0.1, 0.15) is 16.8 Å². The highest BCUT2D eigenvalue weighted by Gasteiger charge is 2.07. The van der Waals surface area contributed by atoms with Crippen LogP contribution in [0.5, 0.6) is 0 Å². The molecular weight excluding hydrogens is 286 g/mol. The largest absolute Gasteiger partial charge is 0.370 e. The number of halogens is 1. The number of rotatable bonds is 6. The maximum absolute atomic E-state index is 6.02. The summed E-state index contributed by atoms with van der Waals surface area (Å²) in [6.07, 6.45) is 0.973. The fourth-order valence-electron chi connectivity index (χ4n) is 2.13. The summed E-state index contributed by atoms with van der Waals surface area (Å²) < 4.78 is 2.03. The molecule has 0 aliphatic carbocycles. The van der Waals surface area contributed by atoms with Crippen molar-refractivity contribution in [3.63, 3.8) is 0 Å².